The molecule has 108 valence electrons. The van der Waals surface area contributed by atoms with E-state index in [0.29, 0.717) is 12.0 Å². The highest BCUT2D eigenvalue weighted by atomic mass is 16.5. The summed E-state index contributed by atoms with van der Waals surface area (Å²) in [5, 5.41) is 6.75. The highest BCUT2D eigenvalue weighted by molar-refractivity contribution is 5.65. The van der Waals surface area contributed by atoms with Crippen LogP contribution in [-0.2, 0) is 4.74 Å². The number of nitrogens with zero attached hydrogens (tertiary/aromatic N) is 3. The minimum Gasteiger partial charge on any atom is -0.381 e. The molecular weight excluding hydrogens is 254 g/mol. The first-order chi connectivity index (χ1) is 9.78. The molecule has 6 heteroatoms. The summed E-state index contributed by atoms with van der Waals surface area (Å²) in [6, 6.07) is 0.322. The Morgan fingerprint density at radius 2 is 2.45 bits per heavy atom. The van der Waals surface area contributed by atoms with Gasteiger partial charge < -0.3 is 19.8 Å². The molecule has 0 aliphatic carbocycles. The molecule has 3 rings (SSSR count). The van der Waals surface area contributed by atoms with E-state index in [4.69, 9.17) is 4.74 Å². The van der Waals surface area contributed by atoms with Gasteiger partial charge in [-0.15, -0.1) is 0 Å². The van der Waals surface area contributed by atoms with Gasteiger partial charge in [0.2, 0.25) is 0 Å². The predicted molar refractivity (Wildman–Crippen MR) is 79.2 cm³/mol. The molecule has 0 bridgehead atoms. The summed E-state index contributed by atoms with van der Waals surface area (Å²) in [5.74, 6) is 2.22. The van der Waals surface area contributed by atoms with Crippen molar-refractivity contribution < 1.29 is 4.74 Å². The molecule has 0 aromatic carbocycles. The van der Waals surface area contributed by atoms with Crippen molar-refractivity contribution in [2.24, 2.45) is 5.92 Å². The van der Waals surface area contributed by atoms with Gasteiger partial charge in [0.25, 0.3) is 0 Å². The van der Waals surface area contributed by atoms with Gasteiger partial charge >= 0.3 is 0 Å². The Morgan fingerprint density at radius 3 is 3.20 bits per heavy atom. The maximum absolute atomic E-state index is 5.46. The van der Waals surface area contributed by atoms with Crippen molar-refractivity contribution in [2.45, 2.75) is 26.3 Å². The SMILES string of the molecule is CCNc1cn2ccnc2c(NC(C)C2CCOC2)n1. The number of nitrogens with one attached hydrogen (secondary N) is 2. The van der Waals surface area contributed by atoms with E-state index in [0.717, 1.165) is 43.5 Å². The first-order valence-corrected chi connectivity index (χ1v) is 7.19. The van der Waals surface area contributed by atoms with E-state index in [1.807, 2.05) is 16.8 Å². The molecule has 1 aliphatic heterocycles. The maximum atomic E-state index is 5.46. The zero-order chi connectivity index (χ0) is 13.9. The summed E-state index contributed by atoms with van der Waals surface area (Å²) in [6.07, 6.45) is 6.79. The first kappa shape index (κ1) is 13.2. The summed E-state index contributed by atoms with van der Waals surface area (Å²) in [7, 11) is 0. The lowest BCUT2D eigenvalue weighted by Gasteiger charge is -2.20. The molecule has 2 aromatic heterocycles. The van der Waals surface area contributed by atoms with Crippen molar-refractivity contribution in [3.8, 4) is 0 Å². The van der Waals surface area contributed by atoms with Gasteiger partial charge in [0.15, 0.2) is 11.5 Å². The van der Waals surface area contributed by atoms with Crippen LogP contribution in [0.3, 0.4) is 0 Å². The molecule has 3 heterocycles. The summed E-state index contributed by atoms with van der Waals surface area (Å²) in [6.45, 7) is 6.77. The minimum atomic E-state index is 0.322. The third-order valence-electron chi connectivity index (χ3n) is 3.77. The van der Waals surface area contributed by atoms with E-state index in [9.17, 15) is 0 Å². The smallest absolute Gasteiger partial charge is 0.180 e. The number of anilines is 2. The topological polar surface area (TPSA) is 63.5 Å². The second kappa shape index (κ2) is 5.66. The van der Waals surface area contributed by atoms with Gasteiger partial charge in [-0.2, -0.15) is 0 Å². The van der Waals surface area contributed by atoms with E-state index in [1.54, 1.807) is 6.20 Å². The molecule has 0 saturated carbocycles. The number of hydrogen-bond donors (Lipinski definition) is 2. The van der Waals surface area contributed by atoms with E-state index in [1.165, 1.54) is 0 Å². The van der Waals surface area contributed by atoms with Gasteiger partial charge in [-0.05, 0) is 20.3 Å². The second-order valence-electron chi connectivity index (χ2n) is 5.22. The van der Waals surface area contributed by atoms with Crippen molar-refractivity contribution in [1.29, 1.82) is 0 Å². The molecular formula is C14H21N5O. The maximum Gasteiger partial charge on any atom is 0.180 e. The molecule has 1 saturated heterocycles. The Kier molecular flexibility index (Phi) is 3.73. The van der Waals surface area contributed by atoms with Crippen LogP contribution in [0, 0.1) is 5.92 Å². The molecule has 2 aromatic rings. The molecule has 1 fully saturated rings. The fourth-order valence-corrected chi connectivity index (χ4v) is 2.58. The van der Waals surface area contributed by atoms with Crippen LogP contribution in [0.5, 0.6) is 0 Å². The summed E-state index contributed by atoms with van der Waals surface area (Å²) < 4.78 is 7.45. The molecule has 20 heavy (non-hydrogen) atoms. The summed E-state index contributed by atoms with van der Waals surface area (Å²) in [4.78, 5) is 9.01. The monoisotopic (exact) mass is 275 g/mol. The fourth-order valence-electron chi connectivity index (χ4n) is 2.58. The van der Waals surface area contributed by atoms with E-state index in [2.05, 4.69) is 34.4 Å². The van der Waals surface area contributed by atoms with Crippen LogP contribution in [0.1, 0.15) is 20.3 Å². The molecule has 6 nitrogen and oxygen atoms in total. The number of imidazole rings is 1. The Labute approximate surface area is 118 Å². The van der Waals surface area contributed by atoms with Gasteiger partial charge in [-0.3, -0.25) is 0 Å². The van der Waals surface area contributed by atoms with Crippen molar-refractivity contribution in [3.63, 3.8) is 0 Å². The van der Waals surface area contributed by atoms with Crippen molar-refractivity contribution in [3.05, 3.63) is 18.6 Å². The normalized spacial score (nSPS) is 20.2. The van der Waals surface area contributed by atoms with Crippen molar-refractivity contribution in [2.75, 3.05) is 30.4 Å². The van der Waals surface area contributed by atoms with Crippen LogP contribution in [-0.4, -0.2) is 40.2 Å². The fraction of sp³-hybridized carbons (Fsp3) is 0.571. The molecule has 0 radical (unpaired) electrons. The lowest BCUT2D eigenvalue weighted by Crippen LogP contribution is -2.27. The Hall–Kier alpha value is -1.82. The molecule has 0 spiro atoms. The Bertz CT molecular complexity index is 576. The number of hydrogen-bond acceptors (Lipinski definition) is 5. The summed E-state index contributed by atoms with van der Waals surface area (Å²) in [5.41, 5.74) is 0.859. The van der Waals surface area contributed by atoms with Crippen LogP contribution in [0.15, 0.2) is 18.6 Å². The molecule has 2 atom stereocenters. The van der Waals surface area contributed by atoms with Crippen molar-refractivity contribution >= 4 is 17.3 Å². The lowest BCUT2D eigenvalue weighted by molar-refractivity contribution is 0.183. The standard InChI is InChI=1S/C14H21N5O/c1-3-15-12-8-19-6-5-16-14(19)13(18-12)17-10(2)11-4-7-20-9-11/h5-6,8,10-11,15H,3-4,7,9H2,1-2H3,(H,17,18). The van der Waals surface area contributed by atoms with Gasteiger partial charge in [0.05, 0.1) is 12.8 Å². The zero-order valence-corrected chi connectivity index (χ0v) is 12.0. The first-order valence-electron chi connectivity index (χ1n) is 7.19. The third kappa shape index (κ3) is 2.56. The average molecular weight is 275 g/mol. The van der Waals surface area contributed by atoms with Crippen LogP contribution < -0.4 is 10.6 Å². The zero-order valence-electron chi connectivity index (χ0n) is 12.0. The Morgan fingerprint density at radius 1 is 1.55 bits per heavy atom. The molecule has 2 N–H and O–H groups in total. The van der Waals surface area contributed by atoms with Gasteiger partial charge in [-0.1, -0.05) is 0 Å². The molecule has 1 aliphatic rings. The third-order valence-corrected chi connectivity index (χ3v) is 3.77. The molecule has 0 amide bonds. The number of fused-ring (bicyclic) bond motifs is 1. The van der Waals surface area contributed by atoms with E-state index < -0.39 is 0 Å². The van der Waals surface area contributed by atoms with E-state index >= 15 is 0 Å². The van der Waals surface area contributed by atoms with Crippen LogP contribution in [0.2, 0.25) is 0 Å². The summed E-state index contributed by atoms with van der Waals surface area (Å²) >= 11 is 0. The van der Waals surface area contributed by atoms with Crippen LogP contribution in [0.25, 0.3) is 5.65 Å². The van der Waals surface area contributed by atoms with Crippen LogP contribution >= 0.6 is 0 Å². The van der Waals surface area contributed by atoms with Crippen molar-refractivity contribution in [1.82, 2.24) is 14.4 Å². The highest BCUT2D eigenvalue weighted by Gasteiger charge is 2.23. The largest absolute Gasteiger partial charge is 0.381 e. The quantitative estimate of drug-likeness (QED) is 0.874. The lowest BCUT2D eigenvalue weighted by atomic mass is 10.0. The highest BCUT2D eigenvalue weighted by Crippen LogP contribution is 2.22. The van der Waals surface area contributed by atoms with Gasteiger partial charge in [0.1, 0.15) is 5.82 Å². The average Bonchev–Trinajstić information content (AvgIpc) is 3.10. The van der Waals surface area contributed by atoms with Crippen LogP contribution in [0.4, 0.5) is 11.6 Å². The Balaban J connectivity index is 1.86. The van der Waals surface area contributed by atoms with Gasteiger partial charge in [0, 0.05) is 37.5 Å². The van der Waals surface area contributed by atoms with E-state index in [-0.39, 0.29) is 0 Å². The number of ether oxygens (including phenoxy) is 1. The molecule has 2 unspecified atom stereocenters. The minimum absolute atomic E-state index is 0.322. The van der Waals surface area contributed by atoms with Gasteiger partial charge in [-0.25, -0.2) is 9.97 Å². The predicted octanol–water partition coefficient (Wildman–Crippen LogP) is 2.00. The second-order valence-corrected chi connectivity index (χ2v) is 5.22. The number of rotatable bonds is 5. The number of aromatic nitrogens is 3.